The molecular formula is C16H15Br3O. The fourth-order valence-electron chi connectivity index (χ4n) is 2.03. The standard InChI is InChI=1S/C16H15Br3O/c1-3-20-15-7-5-11(17)9-13(15)16(19)12-8-10(2)4-6-14(12)18/h4-9,16H,3H2,1-2H3. The summed E-state index contributed by atoms with van der Waals surface area (Å²) in [5, 5.41) is 0. The molecule has 20 heavy (non-hydrogen) atoms. The molecule has 2 rings (SSSR count). The van der Waals surface area contributed by atoms with Gasteiger partial charge in [0.15, 0.2) is 0 Å². The van der Waals surface area contributed by atoms with E-state index in [9.17, 15) is 0 Å². The van der Waals surface area contributed by atoms with Crippen molar-refractivity contribution in [2.24, 2.45) is 0 Å². The first-order valence-electron chi connectivity index (χ1n) is 6.35. The molecular weight excluding hydrogens is 448 g/mol. The molecule has 1 nitrogen and oxygen atoms in total. The molecule has 1 unspecified atom stereocenters. The van der Waals surface area contributed by atoms with Crippen LogP contribution in [0.5, 0.6) is 5.75 Å². The zero-order valence-electron chi connectivity index (χ0n) is 11.3. The predicted octanol–water partition coefficient (Wildman–Crippen LogP) is 6.40. The van der Waals surface area contributed by atoms with E-state index in [1.165, 1.54) is 11.1 Å². The van der Waals surface area contributed by atoms with E-state index in [-0.39, 0.29) is 4.83 Å². The molecule has 0 heterocycles. The van der Waals surface area contributed by atoms with Crippen molar-refractivity contribution in [2.45, 2.75) is 18.7 Å². The van der Waals surface area contributed by atoms with Gasteiger partial charge < -0.3 is 4.74 Å². The van der Waals surface area contributed by atoms with Crippen LogP contribution in [0.15, 0.2) is 45.3 Å². The molecule has 0 spiro atoms. The first-order chi connectivity index (χ1) is 9.52. The van der Waals surface area contributed by atoms with Crippen molar-refractivity contribution in [1.29, 1.82) is 0 Å². The molecule has 0 N–H and O–H groups in total. The highest BCUT2D eigenvalue weighted by Crippen LogP contribution is 2.41. The van der Waals surface area contributed by atoms with Crippen molar-refractivity contribution in [3.8, 4) is 5.75 Å². The monoisotopic (exact) mass is 460 g/mol. The highest BCUT2D eigenvalue weighted by molar-refractivity contribution is 9.11. The number of aryl methyl sites for hydroxylation is 1. The van der Waals surface area contributed by atoms with Crippen LogP contribution < -0.4 is 4.74 Å². The van der Waals surface area contributed by atoms with Crippen LogP contribution >= 0.6 is 47.8 Å². The average Bonchev–Trinajstić information content (AvgIpc) is 2.43. The molecule has 0 aliphatic rings. The van der Waals surface area contributed by atoms with Crippen molar-refractivity contribution in [2.75, 3.05) is 6.61 Å². The third-order valence-corrected chi connectivity index (χ3v) is 5.17. The van der Waals surface area contributed by atoms with Crippen LogP contribution in [0.1, 0.15) is 28.4 Å². The summed E-state index contributed by atoms with van der Waals surface area (Å²) in [5.41, 5.74) is 3.55. The molecule has 0 fully saturated rings. The third kappa shape index (κ3) is 3.66. The lowest BCUT2D eigenvalue weighted by Crippen LogP contribution is -2.01. The molecule has 0 saturated heterocycles. The Labute approximate surface area is 145 Å². The van der Waals surface area contributed by atoms with Gasteiger partial charge >= 0.3 is 0 Å². The summed E-state index contributed by atoms with van der Waals surface area (Å²) in [4.78, 5) is 0.0795. The lowest BCUT2D eigenvalue weighted by Gasteiger charge is -2.18. The smallest absolute Gasteiger partial charge is 0.124 e. The molecule has 2 aromatic carbocycles. The first kappa shape index (κ1) is 16.1. The highest BCUT2D eigenvalue weighted by atomic mass is 79.9. The van der Waals surface area contributed by atoms with Crippen LogP contribution in [0.4, 0.5) is 0 Å². The summed E-state index contributed by atoms with van der Waals surface area (Å²) in [5.74, 6) is 0.908. The van der Waals surface area contributed by atoms with E-state index in [4.69, 9.17) is 4.74 Å². The predicted molar refractivity (Wildman–Crippen MR) is 95.0 cm³/mol. The van der Waals surface area contributed by atoms with E-state index in [1.807, 2.05) is 19.1 Å². The molecule has 0 saturated carbocycles. The van der Waals surface area contributed by atoms with Gasteiger partial charge in [0.2, 0.25) is 0 Å². The van der Waals surface area contributed by atoms with Gasteiger partial charge in [-0.25, -0.2) is 0 Å². The quantitative estimate of drug-likeness (QED) is 0.477. The number of halogens is 3. The summed E-state index contributed by atoms with van der Waals surface area (Å²) < 4.78 is 7.87. The van der Waals surface area contributed by atoms with Crippen LogP contribution in [-0.4, -0.2) is 6.61 Å². The minimum absolute atomic E-state index is 0.0795. The minimum Gasteiger partial charge on any atom is -0.494 e. The molecule has 0 amide bonds. The minimum atomic E-state index is 0.0795. The maximum absolute atomic E-state index is 5.74. The first-order valence-corrected chi connectivity index (χ1v) is 8.85. The zero-order valence-corrected chi connectivity index (χ0v) is 16.0. The number of benzene rings is 2. The highest BCUT2D eigenvalue weighted by Gasteiger charge is 2.18. The third-order valence-electron chi connectivity index (χ3n) is 2.97. The van der Waals surface area contributed by atoms with Crippen LogP contribution in [0.25, 0.3) is 0 Å². The molecule has 4 heteroatoms. The summed E-state index contributed by atoms with van der Waals surface area (Å²) in [6.45, 7) is 4.75. The fourth-order valence-corrected chi connectivity index (χ4v) is 3.93. The second-order valence-electron chi connectivity index (χ2n) is 4.50. The van der Waals surface area contributed by atoms with E-state index >= 15 is 0 Å². The zero-order chi connectivity index (χ0) is 14.7. The molecule has 0 radical (unpaired) electrons. The van der Waals surface area contributed by atoms with Crippen molar-refractivity contribution < 1.29 is 4.74 Å². The van der Waals surface area contributed by atoms with Crippen molar-refractivity contribution >= 4 is 47.8 Å². The Morgan fingerprint density at radius 2 is 1.80 bits per heavy atom. The molecule has 0 aromatic heterocycles. The van der Waals surface area contributed by atoms with Crippen LogP contribution in [-0.2, 0) is 0 Å². The van der Waals surface area contributed by atoms with Gasteiger partial charge in [-0.3, -0.25) is 0 Å². The average molecular weight is 463 g/mol. The summed E-state index contributed by atoms with van der Waals surface area (Å²) in [7, 11) is 0. The SMILES string of the molecule is CCOc1ccc(Br)cc1C(Br)c1cc(C)ccc1Br. The topological polar surface area (TPSA) is 9.23 Å². The Morgan fingerprint density at radius 3 is 2.50 bits per heavy atom. The van der Waals surface area contributed by atoms with E-state index in [0.717, 1.165) is 20.3 Å². The Hall–Kier alpha value is -0.320. The second kappa shape index (κ2) is 7.10. The number of hydrogen-bond acceptors (Lipinski definition) is 1. The van der Waals surface area contributed by atoms with Crippen LogP contribution in [0, 0.1) is 6.92 Å². The Balaban J connectivity index is 2.49. The maximum Gasteiger partial charge on any atom is 0.124 e. The summed E-state index contributed by atoms with van der Waals surface area (Å²) in [6, 6.07) is 12.5. The van der Waals surface area contributed by atoms with Gasteiger partial charge in [0.05, 0.1) is 11.4 Å². The Bertz CT molecular complexity index is 611. The van der Waals surface area contributed by atoms with Gasteiger partial charge in [-0.15, -0.1) is 0 Å². The summed E-state index contributed by atoms with van der Waals surface area (Å²) >= 11 is 11.0. The Morgan fingerprint density at radius 1 is 1.05 bits per heavy atom. The van der Waals surface area contributed by atoms with Gasteiger partial charge in [0, 0.05) is 14.5 Å². The molecule has 0 aliphatic heterocycles. The number of rotatable bonds is 4. The molecule has 2 aromatic rings. The number of alkyl halides is 1. The van der Waals surface area contributed by atoms with Gasteiger partial charge in [-0.05, 0) is 43.7 Å². The van der Waals surface area contributed by atoms with Crippen molar-refractivity contribution in [3.63, 3.8) is 0 Å². The number of ether oxygens (including phenoxy) is 1. The molecule has 0 aliphatic carbocycles. The van der Waals surface area contributed by atoms with Crippen molar-refractivity contribution in [1.82, 2.24) is 0 Å². The van der Waals surface area contributed by atoms with E-state index < -0.39 is 0 Å². The molecule has 106 valence electrons. The van der Waals surface area contributed by atoms with Gasteiger partial charge in [-0.1, -0.05) is 65.5 Å². The van der Waals surface area contributed by atoms with Crippen LogP contribution in [0.2, 0.25) is 0 Å². The summed E-state index contributed by atoms with van der Waals surface area (Å²) in [6.07, 6.45) is 0. The maximum atomic E-state index is 5.74. The van der Waals surface area contributed by atoms with Gasteiger partial charge in [0.1, 0.15) is 5.75 Å². The molecule has 1 atom stereocenters. The number of hydrogen-bond donors (Lipinski definition) is 0. The van der Waals surface area contributed by atoms with Crippen LogP contribution in [0.3, 0.4) is 0 Å². The van der Waals surface area contributed by atoms with Gasteiger partial charge in [0.25, 0.3) is 0 Å². The largest absolute Gasteiger partial charge is 0.494 e. The fraction of sp³-hybridized carbons (Fsp3) is 0.250. The van der Waals surface area contributed by atoms with E-state index in [2.05, 4.69) is 79.0 Å². The second-order valence-corrected chi connectivity index (χ2v) is 7.19. The Kier molecular flexibility index (Phi) is 5.70. The lowest BCUT2D eigenvalue weighted by atomic mass is 10.0. The van der Waals surface area contributed by atoms with E-state index in [0.29, 0.717) is 6.61 Å². The van der Waals surface area contributed by atoms with Crippen molar-refractivity contribution in [3.05, 3.63) is 62.0 Å². The van der Waals surface area contributed by atoms with E-state index in [1.54, 1.807) is 0 Å². The lowest BCUT2D eigenvalue weighted by molar-refractivity contribution is 0.337. The molecule has 0 bridgehead atoms. The normalized spacial score (nSPS) is 12.2. The van der Waals surface area contributed by atoms with Gasteiger partial charge in [-0.2, -0.15) is 0 Å².